The van der Waals surface area contributed by atoms with E-state index in [2.05, 4.69) is 102 Å². The van der Waals surface area contributed by atoms with Gasteiger partial charge in [0.2, 0.25) is 5.95 Å². The molecule has 0 bridgehead atoms. The zero-order valence-corrected chi connectivity index (χ0v) is 23.2. The maximum atomic E-state index is 5.14. The molecule has 0 radical (unpaired) electrons. The Kier molecular flexibility index (Phi) is 5.03. The van der Waals surface area contributed by atoms with Gasteiger partial charge in [0.05, 0.1) is 11.0 Å². The van der Waals surface area contributed by atoms with Crippen LogP contribution in [0.5, 0.6) is 0 Å². The Bertz CT molecular complexity index is 2400. The Balaban J connectivity index is 1.45. The van der Waals surface area contributed by atoms with Crippen LogP contribution < -0.4 is 0 Å². The van der Waals surface area contributed by atoms with Gasteiger partial charge in [0.25, 0.3) is 0 Å². The molecule has 0 atom stereocenters. The molecule has 42 heavy (non-hydrogen) atoms. The van der Waals surface area contributed by atoms with Gasteiger partial charge in [-0.15, -0.1) is 11.3 Å². The fourth-order valence-corrected chi connectivity index (χ4v) is 7.39. The smallest absolute Gasteiger partial charge is 0.238 e. The van der Waals surface area contributed by atoms with Crippen molar-refractivity contribution in [1.82, 2.24) is 19.5 Å². The molecule has 0 fully saturated rings. The second-order valence-corrected chi connectivity index (χ2v) is 11.5. The van der Waals surface area contributed by atoms with Crippen molar-refractivity contribution >= 4 is 64.1 Å². The van der Waals surface area contributed by atoms with E-state index in [0.717, 1.165) is 22.2 Å². The van der Waals surface area contributed by atoms with E-state index in [1.807, 2.05) is 47.7 Å². The van der Waals surface area contributed by atoms with Crippen LogP contribution in [0.4, 0.5) is 0 Å². The van der Waals surface area contributed by atoms with Crippen molar-refractivity contribution in [2.45, 2.75) is 0 Å². The molecule has 196 valence electrons. The quantitative estimate of drug-likeness (QED) is 0.218. The summed E-state index contributed by atoms with van der Waals surface area (Å²) in [6, 6.07) is 46.5. The molecule has 0 spiro atoms. The van der Waals surface area contributed by atoms with Gasteiger partial charge in [-0.2, -0.15) is 9.97 Å². The third-order valence-electron chi connectivity index (χ3n) is 8.05. The minimum absolute atomic E-state index is 0.613. The van der Waals surface area contributed by atoms with E-state index in [1.54, 1.807) is 0 Å². The van der Waals surface area contributed by atoms with E-state index in [0.29, 0.717) is 17.6 Å². The number of benzene rings is 6. The van der Waals surface area contributed by atoms with Gasteiger partial charge in [-0.1, -0.05) is 121 Å². The van der Waals surface area contributed by atoms with Crippen molar-refractivity contribution in [3.8, 4) is 28.7 Å². The molecule has 9 rings (SSSR count). The van der Waals surface area contributed by atoms with E-state index >= 15 is 0 Å². The molecule has 0 aliphatic heterocycles. The predicted octanol–water partition coefficient (Wildman–Crippen LogP) is 9.82. The standard InChI is InChI=1S/C37H22N4S/c1-3-12-24(13-4-1)35-38-36(25-14-5-2-6-15-25)40-37(39-35)41-30-18-10-9-17-27(30)28-21-22-31-32(33(28)41)29-20-19-23-11-7-8-16-26(23)34(29)42-31/h1-22H. The zero-order valence-electron chi connectivity index (χ0n) is 22.4. The van der Waals surface area contributed by atoms with Crippen molar-refractivity contribution in [1.29, 1.82) is 0 Å². The van der Waals surface area contributed by atoms with Crippen LogP contribution in [-0.4, -0.2) is 19.5 Å². The molecule has 0 N–H and O–H groups in total. The number of hydrogen-bond acceptors (Lipinski definition) is 4. The minimum Gasteiger partial charge on any atom is -0.277 e. The number of fused-ring (bicyclic) bond motifs is 9. The number of nitrogens with zero attached hydrogens (tertiary/aromatic N) is 4. The van der Waals surface area contributed by atoms with Crippen molar-refractivity contribution in [2.75, 3.05) is 0 Å². The Morgan fingerprint density at radius 1 is 0.476 bits per heavy atom. The molecular formula is C37H22N4S. The largest absolute Gasteiger partial charge is 0.277 e. The average Bonchev–Trinajstić information content (AvgIpc) is 3.61. The van der Waals surface area contributed by atoms with Gasteiger partial charge in [0.15, 0.2) is 11.6 Å². The van der Waals surface area contributed by atoms with E-state index in [1.165, 1.54) is 41.7 Å². The molecule has 0 unspecified atom stereocenters. The van der Waals surface area contributed by atoms with Gasteiger partial charge in [-0.25, -0.2) is 4.98 Å². The topological polar surface area (TPSA) is 43.6 Å². The van der Waals surface area contributed by atoms with Crippen LogP contribution in [0, 0.1) is 0 Å². The highest BCUT2D eigenvalue weighted by molar-refractivity contribution is 7.26. The number of hydrogen-bond donors (Lipinski definition) is 0. The fraction of sp³-hybridized carbons (Fsp3) is 0. The maximum Gasteiger partial charge on any atom is 0.238 e. The van der Waals surface area contributed by atoms with Crippen LogP contribution in [0.1, 0.15) is 0 Å². The second kappa shape index (κ2) is 9.06. The summed E-state index contributed by atoms with van der Waals surface area (Å²) in [6.07, 6.45) is 0. The number of para-hydroxylation sites is 1. The first-order valence-electron chi connectivity index (χ1n) is 14.0. The summed E-state index contributed by atoms with van der Waals surface area (Å²) in [5, 5.41) is 7.39. The van der Waals surface area contributed by atoms with E-state index in [4.69, 9.17) is 15.0 Å². The molecule has 4 nitrogen and oxygen atoms in total. The molecule has 3 heterocycles. The normalized spacial score (nSPS) is 11.8. The lowest BCUT2D eigenvalue weighted by Gasteiger charge is -2.11. The zero-order chi connectivity index (χ0) is 27.6. The fourth-order valence-electron chi connectivity index (χ4n) is 6.15. The average molecular weight is 555 g/mol. The monoisotopic (exact) mass is 554 g/mol. The number of aromatic nitrogens is 4. The first-order valence-corrected chi connectivity index (χ1v) is 14.8. The van der Waals surface area contributed by atoms with Crippen LogP contribution in [0.2, 0.25) is 0 Å². The molecule has 6 aromatic carbocycles. The lowest BCUT2D eigenvalue weighted by Crippen LogP contribution is -2.06. The Hall–Kier alpha value is -5.39. The molecule has 3 aromatic heterocycles. The van der Waals surface area contributed by atoms with Crippen LogP contribution in [0.3, 0.4) is 0 Å². The van der Waals surface area contributed by atoms with Crippen molar-refractivity contribution in [3.05, 3.63) is 133 Å². The highest BCUT2D eigenvalue weighted by atomic mass is 32.1. The molecule has 0 aliphatic carbocycles. The summed E-state index contributed by atoms with van der Waals surface area (Å²) < 4.78 is 4.80. The molecule has 9 aromatic rings. The SMILES string of the molecule is c1ccc(-c2nc(-c3ccccc3)nc(-n3c4ccccc4c4ccc5sc6c7ccccc7ccc6c5c43)n2)cc1. The second-order valence-electron chi connectivity index (χ2n) is 10.5. The lowest BCUT2D eigenvalue weighted by molar-refractivity contribution is 0.955. The molecule has 0 amide bonds. The summed E-state index contributed by atoms with van der Waals surface area (Å²) in [7, 11) is 0. The number of rotatable bonds is 3. The first kappa shape index (κ1) is 23.3. The van der Waals surface area contributed by atoms with Gasteiger partial charge < -0.3 is 0 Å². The van der Waals surface area contributed by atoms with Gasteiger partial charge in [0, 0.05) is 42.1 Å². The summed E-state index contributed by atoms with van der Waals surface area (Å²) in [5.74, 6) is 1.92. The summed E-state index contributed by atoms with van der Waals surface area (Å²) in [5.41, 5.74) is 4.11. The van der Waals surface area contributed by atoms with E-state index in [-0.39, 0.29) is 0 Å². The molecule has 0 saturated carbocycles. The van der Waals surface area contributed by atoms with Crippen molar-refractivity contribution in [2.24, 2.45) is 0 Å². The molecular weight excluding hydrogens is 533 g/mol. The van der Waals surface area contributed by atoms with Crippen LogP contribution in [0.25, 0.3) is 81.5 Å². The third kappa shape index (κ3) is 3.44. The van der Waals surface area contributed by atoms with Crippen molar-refractivity contribution in [3.63, 3.8) is 0 Å². The molecule has 0 aliphatic rings. The van der Waals surface area contributed by atoms with E-state index in [9.17, 15) is 0 Å². The lowest BCUT2D eigenvalue weighted by atomic mass is 10.0. The number of thiophene rings is 1. The highest BCUT2D eigenvalue weighted by Gasteiger charge is 2.21. The third-order valence-corrected chi connectivity index (χ3v) is 9.25. The van der Waals surface area contributed by atoms with Crippen LogP contribution >= 0.6 is 11.3 Å². The maximum absolute atomic E-state index is 5.14. The molecule has 0 saturated heterocycles. The van der Waals surface area contributed by atoms with Gasteiger partial charge in [-0.05, 0) is 22.9 Å². The minimum atomic E-state index is 0.613. The van der Waals surface area contributed by atoms with Gasteiger partial charge >= 0.3 is 0 Å². The first-order chi connectivity index (χ1) is 20.8. The van der Waals surface area contributed by atoms with Crippen molar-refractivity contribution < 1.29 is 0 Å². The van der Waals surface area contributed by atoms with E-state index < -0.39 is 0 Å². The summed E-state index contributed by atoms with van der Waals surface area (Å²) in [4.78, 5) is 15.2. The summed E-state index contributed by atoms with van der Waals surface area (Å²) in [6.45, 7) is 0. The Morgan fingerprint density at radius 3 is 1.83 bits per heavy atom. The van der Waals surface area contributed by atoms with Gasteiger partial charge in [0.1, 0.15) is 0 Å². The highest BCUT2D eigenvalue weighted by Crippen LogP contribution is 2.44. The Morgan fingerprint density at radius 2 is 1.10 bits per heavy atom. The Labute approximate surface area is 245 Å². The predicted molar refractivity (Wildman–Crippen MR) is 175 cm³/mol. The summed E-state index contributed by atoms with van der Waals surface area (Å²) >= 11 is 1.85. The van der Waals surface area contributed by atoms with Crippen LogP contribution in [-0.2, 0) is 0 Å². The van der Waals surface area contributed by atoms with Crippen LogP contribution in [0.15, 0.2) is 133 Å². The van der Waals surface area contributed by atoms with Gasteiger partial charge in [-0.3, -0.25) is 4.57 Å². The molecule has 5 heteroatoms.